The molecule has 6 nitrogen and oxygen atoms in total. The van der Waals surface area contributed by atoms with Crippen LogP contribution in [0.4, 0.5) is 28.0 Å². The summed E-state index contributed by atoms with van der Waals surface area (Å²) in [6, 6.07) is 7.05. The molecule has 0 radical (unpaired) electrons. The van der Waals surface area contributed by atoms with Crippen molar-refractivity contribution in [3.63, 3.8) is 0 Å². The Morgan fingerprint density at radius 1 is 0.970 bits per heavy atom. The van der Waals surface area contributed by atoms with Crippen LogP contribution < -0.4 is 15.4 Å². The van der Waals surface area contributed by atoms with Gasteiger partial charge in [0.2, 0.25) is 5.88 Å². The maximum atomic E-state index is 13.6. The molecule has 13 heteroatoms. The highest BCUT2D eigenvalue weighted by Gasteiger charge is 2.32. The molecule has 0 aliphatic carbocycles. The van der Waals surface area contributed by atoms with E-state index < -0.39 is 34.5 Å². The second-order valence-electron chi connectivity index (χ2n) is 6.27. The number of rotatable bonds is 4. The van der Waals surface area contributed by atoms with Crippen LogP contribution >= 0.6 is 34.8 Å². The first-order valence-corrected chi connectivity index (χ1v) is 9.85. The zero-order chi connectivity index (χ0) is 24.3. The molecule has 3 amide bonds. The quantitative estimate of drug-likeness (QED) is 0.363. The third-order valence-electron chi connectivity index (χ3n) is 3.94. The first-order valence-electron chi connectivity index (χ1n) is 8.72. The number of nitrogens with zero attached hydrogens (tertiary/aromatic N) is 1. The topological polar surface area (TPSA) is 80.3 Å². The number of carbonyl (C=O) groups excluding carboxylic acids is 2. The molecule has 2 N–H and O–H groups in total. The van der Waals surface area contributed by atoms with E-state index in [9.17, 15) is 27.2 Å². The molecule has 0 saturated heterocycles. The number of carbonyl (C=O) groups is 2. The van der Waals surface area contributed by atoms with Gasteiger partial charge in [0, 0.05) is 11.9 Å². The normalized spacial score (nSPS) is 11.1. The van der Waals surface area contributed by atoms with Crippen LogP contribution in [0.3, 0.4) is 0 Å². The van der Waals surface area contributed by atoms with Gasteiger partial charge in [-0.15, -0.1) is 0 Å². The van der Waals surface area contributed by atoms with Gasteiger partial charge >= 0.3 is 12.2 Å². The fraction of sp³-hybridized carbons (Fsp3) is 0.0500. The minimum atomic E-state index is -4.65. The predicted octanol–water partition coefficient (Wildman–Crippen LogP) is 6.95. The molecule has 0 aliphatic heterocycles. The predicted molar refractivity (Wildman–Crippen MR) is 114 cm³/mol. The summed E-state index contributed by atoms with van der Waals surface area (Å²) < 4.78 is 57.2. The van der Waals surface area contributed by atoms with Gasteiger partial charge in [-0.1, -0.05) is 46.9 Å². The van der Waals surface area contributed by atoms with Gasteiger partial charge in [0.05, 0.1) is 21.2 Å². The average Bonchev–Trinajstić information content (AvgIpc) is 2.71. The van der Waals surface area contributed by atoms with Gasteiger partial charge in [0.15, 0.2) is 5.75 Å². The standard InChI is InChI=1S/C20H10Cl3F4N3O3/c21-12-6-10(29-19(32)30-17(31)11-3-1-2-4-15(11)24)7-13(22)16(12)33-18-14(23)5-9(8-28-18)20(25,26)27/h1-8H,(H2,29,30,31,32). The number of anilines is 1. The number of aromatic nitrogens is 1. The lowest BCUT2D eigenvalue weighted by molar-refractivity contribution is -0.137. The molecule has 3 aromatic rings. The molecule has 0 saturated carbocycles. The van der Waals surface area contributed by atoms with Crippen LogP contribution in [0.25, 0.3) is 0 Å². The number of hydrogen-bond donors (Lipinski definition) is 2. The van der Waals surface area contributed by atoms with Gasteiger partial charge in [-0.25, -0.2) is 14.2 Å². The molecule has 1 heterocycles. The van der Waals surface area contributed by atoms with Gasteiger partial charge in [0.1, 0.15) is 10.8 Å². The molecule has 0 atom stereocenters. The molecule has 0 spiro atoms. The zero-order valence-electron chi connectivity index (χ0n) is 15.9. The molecule has 3 rings (SSSR count). The van der Waals surface area contributed by atoms with E-state index >= 15 is 0 Å². The largest absolute Gasteiger partial charge is 0.434 e. The Hall–Kier alpha value is -3.08. The molecular formula is C20H10Cl3F4N3O3. The van der Waals surface area contributed by atoms with E-state index in [1.807, 2.05) is 5.32 Å². The van der Waals surface area contributed by atoms with E-state index in [-0.39, 0.29) is 32.9 Å². The fourth-order valence-electron chi connectivity index (χ4n) is 2.46. The summed E-state index contributed by atoms with van der Waals surface area (Å²) in [7, 11) is 0. The summed E-state index contributed by atoms with van der Waals surface area (Å²) in [5.41, 5.74) is -1.39. The lowest BCUT2D eigenvalue weighted by Crippen LogP contribution is -2.34. The monoisotopic (exact) mass is 521 g/mol. The number of benzene rings is 2. The molecule has 33 heavy (non-hydrogen) atoms. The Bertz CT molecular complexity index is 1220. The Morgan fingerprint density at radius 3 is 2.18 bits per heavy atom. The van der Waals surface area contributed by atoms with Crippen molar-refractivity contribution in [3.8, 4) is 11.6 Å². The van der Waals surface area contributed by atoms with Crippen molar-refractivity contribution in [2.75, 3.05) is 5.32 Å². The van der Waals surface area contributed by atoms with Crippen LogP contribution in [0.15, 0.2) is 48.7 Å². The summed E-state index contributed by atoms with van der Waals surface area (Å²) in [6.45, 7) is 0. The summed E-state index contributed by atoms with van der Waals surface area (Å²) in [6.07, 6.45) is -4.12. The highest BCUT2D eigenvalue weighted by Crippen LogP contribution is 2.41. The zero-order valence-corrected chi connectivity index (χ0v) is 18.2. The Labute approximate surface area is 198 Å². The van der Waals surface area contributed by atoms with Crippen molar-refractivity contribution in [2.45, 2.75) is 6.18 Å². The molecule has 172 valence electrons. The lowest BCUT2D eigenvalue weighted by atomic mass is 10.2. The van der Waals surface area contributed by atoms with E-state index in [0.717, 1.165) is 6.07 Å². The second-order valence-corrected chi connectivity index (χ2v) is 7.49. The summed E-state index contributed by atoms with van der Waals surface area (Å²) >= 11 is 18.0. The minimum absolute atomic E-state index is 0.0302. The summed E-state index contributed by atoms with van der Waals surface area (Å²) in [5.74, 6) is -2.38. The van der Waals surface area contributed by atoms with Crippen molar-refractivity contribution in [3.05, 3.63) is 80.7 Å². The van der Waals surface area contributed by atoms with Crippen LogP contribution in [0, 0.1) is 5.82 Å². The van der Waals surface area contributed by atoms with Crippen molar-refractivity contribution in [1.29, 1.82) is 0 Å². The van der Waals surface area contributed by atoms with Crippen LogP contribution in [0.5, 0.6) is 11.6 Å². The Morgan fingerprint density at radius 2 is 1.61 bits per heavy atom. The number of ether oxygens (including phenoxy) is 1. The van der Waals surface area contributed by atoms with Crippen LogP contribution in [0.2, 0.25) is 15.1 Å². The molecule has 1 aromatic heterocycles. The molecule has 0 bridgehead atoms. The van der Waals surface area contributed by atoms with Crippen LogP contribution in [0.1, 0.15) is 15.9 Å². The molecule has 0 aliphatic rings. The van der Waals surface area contributed by atoms with Crippen molar-refractivity contribution in [1.82, 2.24) is 10.3 Å². The maximum absolute atomic E-state index is 13.6. The third-order valence-corrected chi connectivity index (χ3v) is 4.77. The van der Waals surface area contributed by atoms with Gasteiger partial charge in [-0.3, -0.25) is 10.1 Å². The van der Waals surface area contributed by atoms with Gasteiger partial charge in [-0.05, 0) is 30.3 Å². The first kappa shape index (κ1) is 24.6. The summed E-state index contributed by atoms with van der Waals surface area (Å²) in [5, 5.41) is 3.47. The van der Waals surface area contributed by atoms with E-state index in [1.165, 1.54) is 30.3 Å². The van der Waals surface area contributed by atoms with Crippen LogP contribution in [-0.2, 0) is 6.18 Å². The SMILES string of the molecule is O=C(NC(=O)c1ccccc1F)Nc1cc(Cl)c(Oc2ncc(C(F)(F)F)cc2Cl)c(Cl)c1. The third kappa shape index (κ3) is 6.04. The molecule has 0 unspecified atom stereocenters. The number of hydrogen-bond acceptors (Lipinski definition) is 4. The highest BCUT2D eigenvalue weighted by atomic mass is 35.5. The second kappa shape index (κ2) is 9.82. The van der Waals surface area contributed by atoms with E-state index in [1.54, 1.807) is 0 Å². The number of alkyl halides is 3. The number of pyridine rings is 1. The molecule has 0 fully saturated rings. The van der Waals surface area contributed by atoms with Gasteiger partial charge in [-0.2, -0.15) is 13.2 Å². The Kier molecular flexibility index (Phi) is 7.31. The lowest BCUT2D eigenvalue weighted by Gasteiger charge is -2.14. The smallest absolute Gasteiger partial charge is 0.417 e. The number of halogens is 7. The van der Waals surface area contributed by atoms with Crippen molar-refractivity contribution < 1.29 is 31.9 Å². The van der Waals surface area contributed by atoms with E-state index in [0.29, 0.717) is 12.3 Å². The van der Waals surface area contributed by atoms with Crippen molar-refractivity contribution in [2.24, 2.45) is 0 Å². The fourth-order valence-corrected chi connectivity index (χ4v) is 3.23. The summed E-state index contributed by atoms with van der Waals surface area (Å²) in [4.78, 5) is 27.6. The van der Waals surface area contributed by atoms with Crippen molar-refractivity contribution >= 4 is 52.4 Å². The average molecular weight is 523 g/mol. The molecule has 2 aromatic carbocycles. The van der Waals surface area contributed by atoms with Crippen LogP contribution in [-0.4, -0.2) is 16.9 Å². The van der Waals surface area contributed by atoms with E-state index in [4.69, 9.17) is 39.5 Å². The first-order chi connectivity index (χ1) is 15.5. The van der Waals surface area contributed by atoms with Gasteiger partial charge in [0.25, 0.3) is 5.91 Å². The van der Waals surface area contributed by atoms with E-state index in [2.05, 4.69) is 10.3 Å². The minimum Gasteiger partial charge on any atom is -0.434 e. The molecular weight excluding hydrogens is 513 g/mol. The number of imide groups is 1. The maximum Gasteiger partial charge on any atom is 0.417 e. The number of urea groups is 1. The number of nitrogens with one attached hydrogen (secondary N) is 2. The number of amides is 3. The van der Waals surface area contributed by atoms with Gasteiger partial charge < -0.3 is 10.1 Å². The Balaban J connectivity index is 1.73. The highest BCUT2D eigenvalue weighted by molar-refractivity contribution is 6.38.